The Morgan fingerprint density at radius 1 is 1.20 bits per heavy atom. The zero-order valence-corrected chi connectivity index (χ0v) is 25.1. The lowest BCUT2D eigenvalue weighted by Crippen LogP contribution is -2.34. The van der Waals surface area contributed by atoms with Crippen LogP contribution in [0, 0.1) is 18.7 Å². The lowest BCUT2D eigenvalue weighted by atomic mass is 10.0. The van der Waals surface area contributed by atoms with Gasteiger partial charge in [0.25, 0.3) is 5.56 Å². The molecule has 45 heavy (non-hydrogen) atoms. The second-order valence-corrected chi connectivity index (χ2v) is 11.5. The van der Waals surface area contributed by atoms with Gasteiger partial charge in [0.15, 0.2) is 11.7 Å². The third kappa shape index (κ3) is 5.65. The largest absolute Gasteiger partial charge is 0.405 e. The molecule has 2 aliphatic carbocycles. The first-order valence-electron chi connectivity index (χ1n) is 14.2. The number of hydrogen-bond acceptors (Lipinski definition) is 9. The molecule has 3 N–H and O–H groups in total. The molecule has 0 bridgehead atoms. The Labute approximate surface area is 260 Å². The molecule has 0 radical (unpaired) electrons. The van der Waals surface area contributed by atoms with Gasteiger partial charge in [0.05, 0.1) is 29.7 Å². The van der Waals surface area contributed by atoms with E-state index < -0.39 is 23.3 Å². The predicted octanol–water partition coefficient (Wildman–Crippen LogP) is 3.99. The van der Waals surface area contributed by atoms with Crippen LogP contribution in [0.2, 0.25) is 5.02 Å². The summed E-state index contributed by atoms with van der Waals surface area (Å²) in [7, 11) is 0. The molecule has 0 aliphatic heterocycles. The Hall–Kier alpha value is -4.37. The highest BCUT2D eigenvalue weighted by Crippen LogP contribution is 2.60. The number of rotatable bonds is 9. The second-order valence-electron chi connectivity index (χ2n) is 11.2. The average Bonchev–Trinajstić information content (AvgIpc) is 3.81. The third-order valence-electron chi connectivity index (χ3n) is 8.04. The van der Waals surface area contributed by atoms with Crippen molar-refractivity contribution < 1.29 is 24.1 Å². The maximum Gasteiger partial charge on any atom is 0.405 e. The van der Waals surface area contributed by atoms with Crippen molar-refractivity contribution in [1.82, 2.24) is 34.3 Å². The van der Waals surface area contributed by atoms with Gasteiger partial charge in [-0.15, -0.1) is 0 Å². The number of hydrogen-bond donors (Lipinski definition) is 3. The topological polar surface area (TPSA) is 156 Å². The van der Waals surface area contributed by atoms with E-state index in [0.717, 1.165) is 23.6 Å². The van der Waals surface area contributed by atoms with E-state index in [9.17, 15) is 20.1 Å². The van der Waals surface area contributed by atoms with Crippen molar-refractivity contribution in [3.8, 4) is 11.4 Å². The number of halogens is 3. The number of aliphatic imine (C=N–C) groups is 1. The van der Waals surface area contributed by atoms with E-state index >= 15 is 8.78 Å². The fourth-order valence-corrected chi connectivity index (χ4v) is 5.89. The molecule has 1 aromatic carbocycles. The van der Waals surface area contributed by atoms with E-state index in [-0.39, 0.29) is 45.7 Å². The van der Waals surface area contributed by atoms with Crippen LogP contribution >= 0.6 is 11.6 Å². The van der Waals surface area contributed by atoms with Crippen LogP contribution in [0.15, 0.2) is 64.7 Å². The Bertz CT molecular complexity index is 1940. The molecule has 3 heterocycles. The molecule has 3 unspecified atom stereocenters. The van der Waals surface area contributed by atoms with Crippen molar-refractivity contribution in [3.05, 3.63) is 98.6 Å². The van der Waals surface area contributed by atoms with Crippen LogP contribution in [0.25, 0.3) is 17.6 Å². The van der Waals surface area contributed by atoms with Crippen molar-refractivity contribution in [2.75, 3.05) is 0 Å². The summed E-state index contributed by atoms with van der Waals surface area (Å²) in [6.45, 7) is 5.19. The zero-order chi connectivity index (χ0) is 32.2. The van der Waals surface area contributed by atoms with Crippen LogP contribution in [0.3, 0.4) is 0 Å². The van der Waals surface area contributed by atoms with Crippen LogP contribution in [-0.2, 0) is 6.10 Å². The molecule has 2 aliphatic rings. The van der Waals surface area contributed by atoms with Crippen LogP contribution < -0.4 is 5.56 Å². The molecule has 15 heteroatoms. The molecule has 12 nitrogen and oxygen atoms in total. The summed E-state index contributed by atoms with van der Waals surface area (Å²) >= 11 is 6.55. The van der Waals surface area contributed by atoms with Gasteiger partial charge in [0.1, 0.15) is 22.9 Å². The number of aryl methyl sites for hydroxylation is 1. The lowest BCUT2D eigenvalue weighted by Gasteiger charge is -2.13. The average molecular weight is 639 g/mol. The molecule has 4 aromatic rings. The number of aliphatic hydroxyl groups is 3. The van der Waals surface area contributed by atoms with Crippen molar-refractivity contribution in [3.63, 3.8) is 0 Å². The first kappa shape index (κ1) is 30.6. The van der Waals surface area contributed by atoms with Gasteiger partial charge in [-0.25, -0.2) is 18.4 Å². The van der Waals surface area contributed by atoms with Crippen LogP contribution in [0.4, 0.5) is 8.78 Å². The minimum Gasteiger partial charge on any atom is -0.323 e. The van der Waals surface area contributed by atoms with E-state index in [0.29, 0.717) is 27.6 Å². The number of pyridine rings is 1. The van der Waals surface area contributed by atoms with Crippen LogP contribution in [0.1, 0.15) is 67.1 Å². The van der Waals surface area contributed by atoms with Crippen molar-refractivity contribution >= 4 is 23.5 Å². The van der Waals surface area contributed by atoms with Gasteiger partial charge >= 0.3 is 6.10 Å². The number of benzene rings is 1. The summed E-state index contributed by atoms with van der Waals surface area (Å²) in [6, 6.07) is 6.32. The summed E-state index contributed by atoms with van der Waals surface area (Å²) in [5.74, 6) is -1.98. The van der Waals surface area contributed by atoms with Crippen molar-refractivity contribution in [1.29, 1.82) is 0 Å². The standard InChI is InChI=1S/C30H29ClF2N8O4/c1-4-10-34-27(18-6-5-7-19(26(18)33)28-35-14-37-40(28)17-8-9-17)21(32)13-39-15(2)11-20(25(31)29(39)42)23-16(3)24(23)22-12-36-41(38-22)30(43,44)45/h4-7,10-14,16-17,23-24,43-45H,8-9H2,1-3H3/b10-4+,21-13-,34-27+. The number of nitrogens with zero attached hydrogens (tertiary/aromatic N) is 8. The van der Waals surface area contributed by atoms with Crippen molar-refractivity contribution in [2.45, 2.75) is 57.6 Å². The number of allylic oxidation sites excluding steroid dienone is 2. The normalized spacial score (nSPS) is 20.8. The third-order valence-corrected chi connectivity index (χ3v) is 8.42. The summed E-state index contributed by atoms with van der Waals surface area (Å²) in [4.78, 5) is 22.2. The smallest absolute Gasteiger partial charge is 0.323 e. The lowest BCUT2D eigenvalue weighted by molar-refractivity contribution is -0.387. The summed E-state index contributed by atoms with van der Waals surface area (Å²) in [6.07, 6.45) is 5.03. The Kier molecular flexibility index (Phi) is 7.85. The van der Waals surface area contributed by atoms with E-state index in [1.54, 1.807) is 42.8 Å². The molecule has 0 spiro atoms. The van der Waals surface area contributed by atoms with Gasteiger partial charge < -0.3 is 15.3 Å². The Morgan fingerprint density at radius 3 is 2.62 bits per heavy atom. The zero-order valence-electron chi connectivity index (χ0n) is 24.4. The highest BCUT2D eigenvalue weighted by atomic mass is 35.5. The maximum absolute atomic E-state index is 16.1. The van der Waals surface area contributed by atoms with Gasteiger partial charge in [-0.3, -0.25) is 14.4 Å². The van der Waals surface area contributed by atoms with E-state index in [1.165, 1.54) is 24.8 Å². The molecular formula is C30H29ClF2N8O4. The Morgan fingerprint density at radius 2 is 1.96 bits per heavy atom. The molecule has 0 saturated heterocycles. The van der Waals surface area contributed by atoms with E-state index in [1.807, 2.05) is 6.92 Å². The Balaban J connectivity index is 1.35. The van der Waals surface area contributed by atoms with Gasteiger partial charge in [-0.2, -0.15) is 15.3 Å². The number of aromatic nitrogens is 7. The van der Waals surface area contributed by atoms with Crippen LogP contribution in [-0.4, -0.2) is 55.4 Å². The molecule has 234 valence electrons. The molecular weight excluding hydrogens is 610 g/mol. The molecule has 6 rings (SSSR count). The summed E-state index contributed by atoms with van der Waals surface area (Å²) < 4.78 is 34.8. The van der Waals surface area contributed by atoms with E-state index in [4.69, 9.17) is 11.6 Å². The van der Waals surface area contributed by atoms with Gasteiger partial charge in [-0.05, 0) is 62.3 Å². The van der Waals surface area contributed by atoms with Gasteiger partial charge in [0, 0.05) is 23.4 Å². The van der Waals surface area contributed by atoms with Crippen LogP contribution in [0.5, 0.6) is 0 Å². The highest BCUT2D eigenvalue weighted by Gasteiger charge is 2.51. The van der Waals surface area contributed by atoms with Crippen molar-refractivity contribution in [2.24, 2.45) is 10.9 Å². The second kappa shape index (κ2) is 11.5. The van der Waals surface area contributed by atoms with E-state index in [2.05, 4.69) is 25.3 Å². The minimum absolute atomic E-state index is 0.0550. The monoisotopic (exact) mass is 638 g/mol. The fraction of sp³-hybridized carbons (Fsp3) is 0.333. The molecule has 0 amide bonds. The van der Waals surface area contributed by atoms with Gasteiger partial charge in [-0.1, -0.05) is 35.5 Å². The fourth-order valence-electron chi connectivity index (χ4n) is 5.62. The molecule has 2 fully saturated rings. The van der Waals surface area contributed by atoms with Gasteiger partial charge in [0.2, 0.25) is 0 Å². The quantitative estimate of drug-likeness (QED) is 0.184. The molecule has 2 saturated carbocycles. The minimum atomic E-state index is -3.26. The first-order chi connectivity index (χ1) is 21.4. The highest BCUT2D eigenvalue weighted by molar-refractivity contribution is 6.31. The first-order valence-corrected chi connectivity index (χ1v) is 14.6. The maximum atomic E-state index is 16.1. The summed E-state index contributed by atoms with van der Waals surface area (Å²) in [5.41, 5.74) is 0.216. The predicted molar refractivity (Wildman–Crippen MR) is 160 cm³/mol. The SMILES string of the molecule is C/C=C/N=C(/C(F)=C/n1c(C)cc(C2C(C)C2c2cnn(C(O)(O)O)n2)c(Cl)c1=O)c1cccc(-c2ncnn2C2CC2)c1F. The molecule has 3 aromatic heterocycles. The summed E-state index contributed by atoms with van der Waals surface area (Å²) in [5, 5.41) is 39.7. The molecule has 3 atom stereocenters.